The molecule has 0 spiro atoms. The van der Waals surface area contributed by atoms with E-state index in [0.29, 0.717) is 11.7 Å². The van der Waals surface area contributed by atoms with Crippen LogP contribution < -0.4 is 11.1 Å². The lowest BCUT2D eigenvalue weighted by atomic mass is 9.63. The van der Waals surface area contributed by atoms with E-state index < -0.39 is 0 Å². The monoisotopic (exact) mass is 262 g/mol. The molecule has 2 rings (SSSR count). The lowest BCUT2D eigenvalue weighted by Gasteiger charge is -2.51. The van der Waals surface area contributed by atoms with Gasteiger partial charge in [0.2, 0.25) is 0 Å². The average Bonchev–Trinajstić information content (AvgIpc) is 2.37. The van der Waals surface area contributed by atoms with Gasteiger partial charge in [-0.3, -0.25) is 9.78 Å². The molecule has 1 aromatic heterocycles. The number of anilines is 1. The zero-order valence-corrected chi connectivity index (χ0v) is 12.0. The van der Waals surface area contributed by atoms with Gasteiger partial charge in [0.1, 0.15) is 5.69 Å². The highest BCUT2D eigenvalue weighted by atomic mass is 16.2. The Balaban J connectivity index is 2.10. The van der Waals surface area contributed by atoms with Crippen LogP contribution in [0.5, 0.6) is 0 Å². The van der Waals surface area contributed by atoms with Crippen LogP contribution in [-0.2, 0) is 0 Å². The molecule has 1 aromatic rings. The fourth-order valence-corrected chi connectivity index (χ4v) is 2.27. The summed E-state index contributed by atoms with van der Waals surface area (Å²) >= 11 is 0. The minimum atomic E-state index is -0.0896. The van der Waals surface area contributed by atoms with E-state index in [0.717, 1.165) is 12.1 Å². The van der Waals surface area contributed by atoms with Crippen LogP contribution >= 0.6 is 0 Å². The van der Waals surface area contributed by atoms with Crippen molar-refractivity contribution in [2.45, 2.75) is 32.4 Å². The molecule has 2 atom stereocenters. The first kappa shape index (κ1) is 13.8. The van der Waals surface area contributed by atoms with Crippen molar-refractivity contribution >= 4 is 11.6 Å². The number of hydrogen-bond donors (Lipinski definition) is 2. The first-order valence-corrected chi connectivity index (χ1v) is 6.52. The molecule has 1 heterocycles. The SMILES string of the molecule is CN(C)C(=O)c1cc(NC2CC(N)C2(C)C)ccn1. The Morgan fingerprint density at radius 2 is 2.21 bits per heavy atom. The second kappa shape index (κ2) is 4.81. The molecule has 3 N–H and O–H groups in total. The molecule has 0 aliphatic heterocycles. The number of hydrogen-bond acceptors (Lipinski definition) is 4. The number of pyridine rings is 1. The number of carbonyl (C=O) groups excluding carboxylic acids is 1. The van der Waals surface area contributed by atoms with Gasteiger partial charge < -0.3 is 16.0 Å². The molecule has 5 nitrogen and oxygen atoms in total. The largest absolute Gasteiger partial charge is 0.382 e. The first-order valence-electron chi connectivity index (χ1n) is 6.52. The summed E-state index contributed by atoms with van der Waals surface area (Å²) in [4.78, 5) is 17.5. The topological polar surface area (TPSA) is 71.2 Å². The predicted octanol–water partition coefficient (Wildman–Crippen LogP) is 1.32. The van der Waals surface area contributed by atoms with E-state index in [1.54, 1.807) is 26.4 Å². The van der Waals surface area contributed by atoms with E-state index in [1.807, 2.05) is 6.07 Å². The summed E-state index contributed by atoms with van der Waals surface area (Å²) in [7, 11) is 3.44. The smallest absolute Gasteiger partial charge is 0.272 e. The predicted molar refractivity (Wildman–Crippen MR) is 76.0 cm³/mol. The number of carbonyl (C=O) groups is 1. The van der Waals surface area contributed by atoms with Gasteiger partial charge >= 0.3 is 0 Å². The minimum Gasteiger partial charge on any atom is -0.382 e. The maximum Gasteiger partial charge on any atom is 0.272 e. The van der Waals surface area contributed by atoms with Crippen molar-refractivity contribution < 1.29 is 4.79 Å². The normalized spacial score (nSPS) is 24.5. The zero-order valence-electron chi connectivity index (χ0n) is 12.0. The van der Waals surface area contributed by atoms with E-state index >= 15 is 0 Å². The maximum atomic E-state index is 11.9. The molecule has 1 aliphatic carbocycles. The Labute approximate surface area is 114 Å². The summed E-state index contributed by atoms with van der Waals surface area (Å²) in [5.74, 6) is -0.0896. The Morgan fingerprint density at radius 1 is 1.53 bits per heavy atom. The summed E-state index contributed by atoms with van der Waals surface area (Å²) in [6, 6.07) is 4.25. The molecule has 1 aliphatic rings. The fraction of sp³-hybridized carbons (Fsp3) is 0.571. The highest BCUT2D eigenvalue weighted by Gasteiger charge is 2.45. The van der Waals surface area contributed by atoms with Crippen LogP contribution in [0.1, 0.15) is 30.8 Å². The van der Waals surface area contributed by atoms with Gasteiger partial charge in [-0.15, -0.1) is 0 Å². The molecule has 2 unspecified atom stereocenters. The van der Waals surface area contributed by atoms with Crippen LogP contribution in [0, 0.1) is 5.41 Å². The second-order valence-electron chi connectivity index (χ2n) is 5.99. The number of nitrogens with two attached hydrogens (primary N) is 1. The highest BCUT2D eigenvalue weighted by molar-refractivity contribution is 5.92. The van der Waals surface area contributed by atoms with Crippen molar-refractivity contribution in [2.75, 3.05) is 19.4 Å². The Hall–Kier alpha value is -1.62. The third-order valence-electron chi connectivity index (χ3n) is 4.07. The van der Waals surface area contributed by atoms with Crippen molar-refractivity contribution in [3.05, 3.63) is 24.0 Å². The molecule has 0 aromatic carbocycles. The van der Waals surface area contributed by atoms with E-state index in [9.17, 15) is 4.79 Å². The van der Waals surface area contributed by atoms with Crippen molar-refractivity contribution in [3.63, 3.8) is 0 Å². The lowest BCUT2D eigenvalue weighted by Crippen LogP contribution is -2.61. The molecular formula is C14H22N4O. The molecule has 0 bridgehead atoms. The van der Waals surface area contributed by atoms with Gasteiger partial charge in [-0.1, -0.05) is 13.8 Å². The number of rotatable bonds is 3. The summed E-state index contributed by atoms with van der Waals surface area (Å²) < 4.78 is 0. The fourth-order valence-electron chi connectivity index (χ4n) is 2.27. The zero-order chi connectivity index (χ0) is 14.2. The molecule has 0 radical (unpaired) electrons. The number of aromatic nitrogens is 1. The van der Waals surface area contributed by atoms with E-state index in [1.165, 1.54) is 4.90 Å². The molecule has 1 amide bonds. The summed E-state index contributed by atoms with van der Waals surface area (Å²) in [6.45, 7) is 4.32. The average molecular weight is 262 g/mol. The summed E-state index contributed by atoms with van der Waals surface area (Å²) in [5, 5.41) is 3.44. The number of nitrogens with zero attached hydrogens (tertiary/aromatic N) is 2. The molecule has 5 heteroatoms. The van der Waals surface area contributed by atoms with E-state index in [4.69, 9.17) is 5.73 Å². The molecule has 0 saturated heterocycles. The standard InChI is InChI=1S/C14H22N4O/c1-14(2)11(15)8-12(14)17-9-5-6-16-10(7-9)13(19)18(3)4/h5-7,11-12H,8,15H2,1-4H3,(H,16,17). The highest BCUT2D eigenvalue weighted by Crippen LogP contribution is 2.40. The van der Waals surface area contributed by atoms with Gasteiger partial charge in [0.25, 0.3) is 5.91 Å². The Bertz CT molecular complexity index is 484. The third kappa shape index (κ3) is 2.56. The van der Waals surface area contributed by atoms with E-state index in [2.05, 4.69) is 24.1 Å². The van der Waals surface area contributed by atoms with Crippen LogP contribution in [0.4, 0.5) is 5.69 Å². The third-order valence-corrected chi connectivity index (χ3v) is 4.07. The molecule has 1 fully saturated rings. The summed E-state index contributed by atoms with van der Waals surface area (Å²) in [6.07, 6.45) is 2.61. The van der Waals surface area contributed by atoms with Crippen LogP contribution in [0.25, 0.3) is 0 Å². The van der Waals surface area contributed by atoms with Gasteiger partial charge in [-0.2, -0.15) is 0 Å². The lowest BCUT2D eigenvalue weighted by molar-refractivity contribution is 0.0822. The first-order chi connectivity index (χ1) is 8.82. The second-order valence-corrected chi connectivity index (χ2v) is 5.99. The van der Waals surface area contributed by atoms with Gasteiger partial charge in [0.15, 0.2) is 0 Å². The van der Waals surface area contributed by atoms with Gasteiger partial charge in [-0.05, 0) is 18.6 Å². The van der Waals surface area contributed by atoms with Crippen molar-refractivity contribution in [3.8, 4) is 0 Å². The van der Waals surface area contributed by atoms with Gasteiger partial charge in [0.05, 0.1) is 0 Å². The van der Waals surface area contributed by atoms with Crippen molar-refractivity contribution in [1.82, 2.24) is 9.88 Å². The van der Waals surface area contributed by atoms with Crippen LogP contribution in [0.15, 0.2) is 18.3 Å². The number of amides is 1. The Kier molecular flexibility index (Phi) is 3.49. The molecule has 19 heavy (non-hydrogen) atoms. The van der Waals surface area contributed by atoms with Crippen LogP contribution in [-0.4, -0.2) is 42.0 Å². The molecule has 1 saturated carbocycles. The van der Waals surface area contributed by atoms with Crippen molar-refractivity contribution in [1.29, 1.82) is 0 Å². The van der Waals surface area contributed by atoms with Crippen molar-refractivity contribution in [2.24, 2.45) is 11.1 Å². The number of nitrogens with one attached hydrogen (secondary N) is 1. The quantitative estimate of drug-likeness (QED) is 0.862. The molecular weight excluding hydrogens is 240 g/mol. The molecule has 104 valence electrons. The van der Waals surface area contributed by atoms with Crippen LogP contribution in [0.3, 0.4) is 0 Å². The van der Waals surface area contributed by atoms with E-state index in [-0.39, 0.29) is 17.4 Å². The van der Waals surface area contributed by atoms with Gasteiger partial charge in [-0.25, -0.2) is 0 Å². The Morgan fingerprint density at radius 3 is 2.74 bits per heavy atom. The minimum absolute atomic E-state index is 0.0784. The maximum absolute atomic E-state index is 11.9. The van der Waals surface area contributed by atoms with Crippen LogP contribution in [0.2, 0.25) is 0 Å². The van der Waals surface area contributed by atoms with Gasteiger partial charge in [0, 0.05) is 43.5 Å². The summed E-state index contributed by atoms with van der Waals surface area (Å²) in [5.41, 5.74) is 7.46.